The monoisotopic (exact) mass is 695 g/mol. The van der Waals surface area contributed by atoms with E-state index in [1.165, 1.54) is 12.1 Å². The Balaban J connectivity index is 1.25. The number of benzene rings is 4. The smallest absolute Gasteiger partial charge is 0.138 e. The van der Waals surface area contributed by atoms with Crippen LogP contribution in [0.15, 0.2) is 164 Å². The van der Waals surface area contributed by atoms with Crippen LogP contribution in [0.3, 0.4) is 0 Å². The molecule has 4 aromatic heterocycles. The van der Waals surface area contributed by atoms with Gasteiger partial charge in [-0.15, -0.1) is 0 Å². The third-order valence-corrected chi connectivity index (χ3v) is 10.4. The summed E-state index contributed by atoms with van der Waals surface area (Å²) in [5.41, 5.74) is 8.36. The van der Waals surface area contributed by atoms with Crippen LogP contribution >= 0.6 is 0 Å². The van der Waals surface area contributed by atoms with Crippen molar-refractivity contribution in [2.45, 2.75) is 5.54 Å². The number of pyridine rings is 2. The fourth-order valence-corrected chi connectivity index (χ4v) is 7.62. The summed E-state index contributed by atoms with van der Waals surface area (Å²) in [6, 6.07) is 48.4. The molecule has 0 unspecified atom stereocenters. The van der Waals surface area contributed by atoms with Crippen LogP contribution in [-0.4, -0.2) is 62.3 Å². The van der Waals surface area contributed by atoms with Crippen molar-refractivity contribution < 1.29 is 4.39 Å². The molecule has 0 spiro atoms. The zero-order chi connectivity index (χ0) is 35.8. The van der Waals surface area contributed by atoms with Gasteiger partial charge in [-0.25, -0.2) is 14.4 Å². The lowest BCUT2D eigenvalue weighted by molar-refractivity contribution is 0.312. The van der Waals surface area contributed by atoms with Crippen LogP contribution in [0.25, 0.3) is 39.4 Å². The summed E-state index contributed by atoms with van der Waals surface area (Å²) in [6.45, 7) is 3.90. The van der Waals surface area contributed by atoms with Gasteiger partial charge in [0, 0.05) is 55.3 Å². The quantitative estimate of drug-likeness (QED) is 0.149. The Labute approximate surface area is 308 Å². The van der Waals surface area contributed by atoms with E-state index in [4.69, 9.17) is 15.1 Å². The number of piperazine rings is 1. The Hall–Kier alpha value is -6.38. The first-order valence-corrected chi connectivity index (χ1v) is 18.0. The Morgan fingerprint density at radius 3 is 1.83 bits per heavy atom. The number of nitrogens with zero attached hydrogens (tertiary/aromatic N) is 7. The van der Waals surface area contributed by atoms with Gasteiger partial charge < -0.3 is 9.80 Å². The number of likely N-dealkylation sites (N-methyl/N-ethyl adjacent to an activating group) is 1. The molecule has 1 saturated heterocycles. The topological polar surface area (TPSA) is 54.5 Å². The summed E-state index contributed by atoms with van der Waals surface area (Å²) < 4.78 is 18.5. The summed E-state index contributed by atoms with van der Waals surface area (Å²) in [5, 5.41) is 5.45. The summed E-state index contributed by atoms with van der Waals surface area (Å²) in [4.78, 5) is 14.6. The van der Waals surface area contributed by atoms with E-state index in [-0.39, 0.29) is 5.82 Å². The predicted octanol–water partition coefficient (Wildman–Crippen LogP) is 8.66. The molecule has 7 nitrogen and oxygen atoms in total. The molecule has 4 aromatic carbocycles. The molecule has 0 saturated carbocycles. The Morgan fingerprint density at radius 1 is 0.604 bits per heavy atom. The average Bonchev–Trinajstić information content (AvgIpc) is 3.86. The minimum Gasteiger partial charge on any atom is -0.354 e. The summed E-state index contributed by atoms with van der Waals surface area (Å²) in [5.74, 6) is 0.679. The minimum atomic E-state index is -0.825. The van der Waals surface area contributed by atoms with Gasteiger partial charge in [0.05, 0.1) is 17.6 Å². The molecule has 1 aliphatic rings. The second-order valence-corrected chi connectivity index (χ2v) is 13.6. The van der Waals surface area contributed by atoms with Gasteiger partial charge in [0.2, 0.25) is 0 Å². The van der Waals surface area contributed by atoms with Crippen LogP contribution in [0.1, 0.15) is 16.7 Å². The molecular formula is C45H38FN7. The SMILES string of the molecule is CN1CCN(c2cccc(-c3cnc4ccc(-c5cn(C(c6ccccc6)(c6ccccc6)c6ccccc6)nc5-c5ccc(F)cc5)cn34)n2)CC1. The Morgan fingerprint density at radius 2 is 1.21 bits per heavy atom. The molecule has 8 heteroatoms. The van der Waals surface area contributed by atoms with Crippen molar-refractivity contribution in [1.82, 2.24) is 29.0 Å². The van der Waals surface area contributed by atoms with E-state index in [1.54, 1.807) is 12.1 Å². The number of hydrogen-bond acceptors (Lipinski definition) is 5. The van der Waals surface area contributed by atoms with Gasteiger partial charge in [0.25, 0.3) is 0 Å². The van der Waals surface area contributed by atoms with Gasteiger partial charge >= 0.3 is 0 Å². The largest absolute Gasteiger partial charge is 0.354 e. The molecule has 8 aromatic rings. The summed E-state index contributed by atoms with van der Waals surface area (Å²) in [7, 11) is 2.16. The van der Waals surface area contributed by atoms with Crippen LogP contribution in [0, 0.1) is 5.82 Å². The van der Waals surface area contributed by atoms with E-state index in [0.717, 1.165) is 88.1 Å². The first-order chi connectivity index (χ1) is 26.1. The van der Waals surface area contributed by atoms with E-state index in [1.807, 2.05) is 36.5 Å². The second kappa shape index (κ2) is 13.6. The molecule has 1 fully saturated rings. The molecule has 0 radical (unpaired) electrons. The third kappa shape index (κ3) is 5.87. The van der Waals surface area contributed by atoms with E-state index in [9.17, 15) is 4.39 Å². The fraction of sp³-hybridized carbons (Fsp3) is 0.133. The third-order valence-electron chi connectivity index (χ3n) is 10.4. The summed E-state index contributed by atoms with van der Waals surface area (Å²) in [6.07, 6.45) is 6.14. The Kier molecular flexibility index (Phi) is 8.37. The van der Waals surface area contributed by atoms with E-state index in [2.05, 4.69) is 129 Å². The maximum absolute atomic E-state index is 14.3. The highest BCUT2D eigenvalue weighted by molar-refractivity contribution is 5.81. The molecule has 0 atom stereocenters. The highest BCUT2D eigenvalue weighted by Crippen LogP contribution is 2.43. The van der Waals surface area contributed by atoms with Crippen LogP contribution in [0.5, 0.6) is 0 Å². The molecule has 9 rings (SSSR count). The molecule has 5 heterocycles. The molecule has 0 N–H and O–H groups in total. The molecular weight excluding hydrogens is 658 g/mol. The van der Waals surface area contributed by atoms with Gasteiger partial charge in [-0.3, -0.25) is 9.08 Å². The van der Waals surface area contributed by atoms with Crippen LogP contribution in [0.4, 0.5) is 10.2 Å². The van der Waals surface area contributed by atoms with Gasteiger partial charge in [-0.05, 0) is 72.3 Å². The van der Waals surface area contributed by atoms with Crippen molar-refractivity contribution in [2.24, 2.45) is 0 Å². The number of anilines is 1. The van der Waals surface area contributed by atoms with Gasteiger partial charge in [-0.1, -0.05) is 97.1 Å². The van der Waals surface area contributed by atoms with Crippen molar-refractivity contribution in [3.63, 3.8) is 0 Å². The standard InChI is InChI=1S/C45H38FN7/c1-50-26-28-51(29-27-50)43-19-11-18-40(48-43)41-30-47-42-25-22-34(31-52(41)42)39-32-53(49-44(39)33-20-23-38(46)24-21-33)45(35-12-5-2-6-13-35,36-14-7-3-8-15-36)37-16-9-4-10-17-37/h2-25,30-32H,26-29H2,1H3. The van der Waals surface area contributed by atoms with Crippen molar-refractivity contribution in [1.29, 1.82) is 0 Å². The highest BCUT2D eigenvalue weighted by atomic mass is 19.1. The van der Waals surface area contributed by atoms with Crippen LogP contribution in [0.2, 0.25) is 0 Å². The first kappa shape index (κ1) is 32.5. The normalized spacial score (nSPS) is 13.8. The average molecular weight is 696 g/mol. The number of imidazole rings is 1. The van der Waals surface area contributed by atoms with Crippen molar-refractivity contribution in [3.05, 3.63) is 187 Å². The number of fused-ring (bicyclic) bond motifs is 1. The number of rotatable bonds is 8. The number of aromatic nitrogens is 5. The van der Waals surface area contributed by atoms with E-state index in [0.29, 0.717) is 0 Å². The molecule has 0 bridgehead atoms. The fourth-order valence-electron chi connectivity index (χ4n) is 7.62. The van der Waals surface area contributed by atoms with Crippen LogP contribution < -0.4 is 4.90 Å². The maximum atomic E-state index is 14.3. The van der Waals surface area contributed by atoms with Gasteiger partial charge in [-0.2, -0.15) is 5.10 Å². The number of hydrogen-bond donors (Lipinski definition) is 0. The lowest BCUT2D eigenvalue weighted by Gasteiger charge is -2.36. The zero-order valence-electron chi connectivity index (χ0n) is 29.4. The first-order valence-electron chi connectivity index (χ1n) is 18.0. The van der Waals surface area contributed by atoms with E-state index < -0.39 is 5.54 Å². The molecule has 0 aliphatic carbocycles. The minimum absolute atomic E-state index is 0.294. The summed E-state index contributed by atoms with van der Waals surface area (Å²) >= 11 is 0. The highest BCUT2D eigenvalue weighted by Gasteiger charge is 2.40. The van der Waals surface area contributed by atoms with Crippen LogP contribution in [-0.2, 0) is 5.54 Å². The number of halogens is 1. The zero-order valence-corrected chi connectivity index (χ0v) is 29.4. The van der Waals surface area contributed by atoms with Crippen molar-refractivity contribution in [2.75, 3.05) is 38.1 Å². The Bertz CT molecular complexity index is 2390. The maximum Gasteiger partial charge on any atom is 0.138 e. The van der Waals surface area contributed by atoms with Crippen molar-refractivity contribution in [3.8, 4) is 33.8 Å². The molecule has 53 heavy (non-hydrogen) atoms. The molecule has 1 aliphatic heterocycles. The molecule has 0 amide bonds. The lowest BCUT2D eigenvalue weighted by Crippen LogP contribution is -2.44. The molecule has 260 valence electrons. The van der Waals surface area contributed by atoms with E-state index >= 15 is 0 Å². The lowest BCUT2D eigenvalue weighted by atomic mass is 9.77. The van der Waals surface area contributed by atoms with Gasteiger partial charge in [0.15, 0.2) is 0 Å². The second-order valence-electron chi connectivity index (χ2n) is 13.6. The van der Waals surface area contributed by atoms with Gasteiger partial charge in [0.1, 0.15) is 28.5 Å². The van der Waals surface area contributed by atoms with Crippen molar-refractivity contribution >= 4 is 11.5 Å². The predicted molar refractivity (Wildman–Crippen MR) is 209 cm³/mol.